The number of rotatable bonds is 3. The summed E-state index contributed by atoms with van der Waals surface area (Å²) in [6.45, 7) is 1.99. The molecule has 3 fully saturated rings. The molecular weight excluding hydrogens is 336 g/mol. The number of carbonyl (C=O) groups excluding carboxylic acids is 1. The Kier molecular flexibility index (Phi) is 5.59. The van der Waals surface area contributed by atoms with Crippen molar-refractivity contribution in [1.82, 2.24) is 10.2 Å². The van der Waals surface area contributed by atoms with Crippen molar-refractivity contribution in [3.63, 3.8) is 0 Å². The van der Waals surface area contributed by atoms with Crippen molar-refractivity contribution in [2.45, 2.75) is 62.4 Å². The van der Waals surface area contributed by atoms with Gasteiger partial charge < -0.3 is 15.0 Å². The fraction of sp³-hybridized carbons (Fsp3) is 0.650. The first-order valence-corrected chi connectivity index (χ1v) is 9.43. The molecule has 138 valence electrons. The molecule has 0 radical (unpaired) electrons. The summed E-state index contributed by atoms with van der Waals surface area (Å²) >= 11 is 0. The minimum absolute atomic E-state index is 0. The van der Waals surface area contributed by atoms with Gasteiger partial charge in [0.1, 0.15) is 5.75 Å². The number of carbonyl (C=O) groups is 1. The summed E-state index contributed by atoms with van der Waals surface area (Å²) in [7, 11) is 1.70. The predicted octanol–water partition coefficient (Wildman–Crippen LogP) is 3.28. The van der Waals surface area contributed by atoms with Gasteiger partial charge in [-0.2, -0.15) is 0 Å². The third kappa shape index (κ3) is 3.15. The summed E-state index contributed by atoms with van der Waals surface area (Å²) in [5, 5.41) is 3.51. The summed E-state index contributed by atoms with van der Waals surface area (Å²) < 4.78 is 5.42. The van der Waals surface area contributed by atoms with Crippen LogP contribution < -0.4 is 10.1 Å². The lowest BCUT2D eigenvalue weighted by Gasteiger charge is -2.38. The number of hydrogen-bond donors (Lipinski definition) is 1. The lowest BCUT2D eigenvalue weighted by molar-refractivity contribution is -0.140. The van der Waals surface area contributed by atoms with Crippen LogP contribution in [-0.2, 0) is 10.2 Å². The topological polar surface area (TPSA) is 41.6 Å². The number of benzene rings is 1. The molecule has 1 aliphatic carbocycles. The molecule has 2 heterocycles. The van der Waals surface area contributed by atoms with E-state index in [9.17, 15) is 4.79 Å². The van der Waals surface area contributed by atoms with Crippen LogP contribution in [0, 0.1) is 0 Å². The second kappa shape index (κ2) is 7.55. The van der Waals surface area contributed by atoms with Gasteiger partial charge in [0.25, 0.3) is 0 Å². The van der Waals surface area contributed by atoms with Gasteiger partial charge in [-0.25, -0.2) is 0 Å². The standard InChI is InChI=1S/C20H28N2O2.ClH/c1-24-18-6-4-5-15(13-18)20(10-2-3-11-20)19(23)22-16-7-8-17(22)14-21-12-9-16;/h4-6,13,16-17,21H,2-3,7-12,14H2,1H3;1H. The van der Waals surface area contributed by atoms with Crippen LogP contribution in [0.3, 0.4) is 0 Å². The largest absolute Gasteiger partial charge is 0.497 e. The maximum absolute atomic E-state index is 13.8. The lowest BCUT2D eigenvalue weighted by atomic mass is 9.77. The second-order valence-corrected chi connectivity index (χ2v) is 7.61. The average molecular weight is 365 g/mol. The maximum Gasteiger partial charge on any atom is 0.233 e. The third-order valence-corrected chi connectivity index (χ3v) is 6.38. The van der Waals surface area contributed by atoms with E-state index in [0.717, 1.165) is 62.9 Å². The fourth-order valence-electron chi connectivity index (χ4n) is 5.09. The Morgan fingerprint density at radius 3 is 2.72 bits per heavy atom. The first-order chi connectivity index (χ1) is 11.7. The Hall–Kier alpha value is -1.26. The Bertz CT molecular complexity index is 601. The SMILES string of the molecule is COc1cccc(C2(C(=O)N3C4CCNCC3CC4)CCCC2)c1.Cl. The van der Waals surface area contributed by atoms with Crippen LogP contribution in [0.2, 0.25) is 0 Å². The van der Waals surface area contributed by atoms with Crippen LogP contribution in [0.5, 0.6) is 5.75 Å². The molecule has 5 heteroatoms. The molecule has 0 spiro atoms. The number of nitrogens with zero attached hydrogens (tertiary/aromatic N) is 1. The molecule has 2 unspecified atom stereocenters. The highest BCUT2D eigenvalue weighted by molar-refractivity contribution is 5.89. The van der Waals surface area contributed by atoms with Crippen LogP contribution in [0.4, 0.5) is 0 Å². The third-order valence-electron chi connectivity index (χ3n) is 6.38. The van der Waals surface area contributed by atoms with E-state index in [1.807, 2.05) is 12.1 Å². The van der Waals surface area contributed by atoms with Gasteiger partial charge in [0.15, 0.2) is 0 Å². The van der Waals surface area contributed by atoms with E-state index < -0.39 is 0 Å². The van der Waals surface area contributed by atoms with Crippen molar-refractivity contribution in [2.24, 2.45) is 0 Å². The van der Waals surface area contributed by atoms with Crippen LogP contribution in [-0.4, -0.2) is 43.1 Å². The van der Waals surface area contributed by atoms with Gasteiger partial charge in [0.2, 0.25) is 5.91 Å². The molecule has 2 bridgehead atoms. The number of fused-ring (bicyclic) bond motifs is 2. The van der Waals surface area contributed by atoms with Crippen molar-refractivity contribution in [2.75, 3.05) is 20.2 Å². The first kappa shape index (κ1) is 18.5. The molecule has 1 aromatic carbocycles. The Labute approximate surface area is 156 Å². The van der Waals surface area contributed by atoms with Gasteiger partial charge in [-0.05, 0) is 56.3 Å². The van der Waals surface area contributed by atoms with Crippen LogP contribution >= 0.6 is 12.4 Å². The average Bonchev–Trinajstić information content (AvgIpc) is 3.19. The summed E-state index contributed by atoms with van der Waals surface area (Å²) in [5.41, 5.74) is 0.820. The van der Waals surface area contributed by atoms with Gasteiger partial charge in [-0.1, -0.05) is 25.0 Å². The highest BCUT2D eigenvalue weighted by Gasteiger charge is 2.49. The molecule has 2 saturated heterocycles. The Morgan fingerprint density at radius 2 is 1.96 bits per heavy atom. The predicted molar refractivity (Wildman–Crippen MR) is 102 cm³/mol. The second-order valence-electron chi connectivity index (χ2n) is 7.61. The van der Waals surface area contributed by atoms with Gasteiger partial charge in [-0.15, -0.1) is 12.4 Å². The number of ether oxygens (including phenoxy) is 1. The van der Waals surface area contributed by atoms with Gasteiger partial charge in [-0.3, -0.25) is 4.79 Å². The van der Waals surface area contributed by atoms with Gasteiger partial charge in [0.05, 0.1) is 12.5 Å². The monoisotopic (exact) mass is 364 g/mol. The fourth-order valence-corrected chi connectivity index (χ4v) is 5.09. The van der Waals surface area contributed by atoms with E-state index in [1.54, 1.807) is 7.11 Å². The molecule has 0 aromatic heterocycles. The van der Waals surface area contributed by atoms with Crippen LogP contribution in [0.1, 0.15) is 50.5 Å². The molecule has 2 atom stereocenters. The summed E-state index contributed by atoms with van der Waals surface area (Å²) in [5.74, 6) is 1.23. The van der Waals surface area contributed by atoms with Crippen molar-refractivity contribution in [3.8, 4) is 5.75 Å². The Balaban J connectivity index is 0.00000182. The van der Waals surface area contributed by atoms with Gasteiger partial charge >= 0.3 is 0 Å². The quantitative estimate of drug-likeness (QED) is 0.894. The summed E-state index contributed by atoms with van der Waals surface area (Å²) in [4.78, 5) is 16.1. The molecule has 1 N–H and O–H groups in total. The molecule has 3 aliphatic rings. The molecule has 1 amide bonds. The summed E-state index contributed by atoms with van der Waals surface area (Å²) in [6.07, 6.45) is 7.65. The van der Waals surface area contributed by atoms with Crippen LogP contribution in [0.25, 0.3) is 0 Å². The normalized spacial score (nSPS) is 27.5. The smallest absolute Gasteiger partial charge is 0.233 e. The molecule has 25 heavy (non-hydrogen) atoms. The molecule has 1 aromatic rings. The van der Waals surface area contributed by atoms with E-state index in [-0.39, 0.29) is 17.8 Å². The van der Waals surface area contributed by atoms with Crippen molar-refractivity contribution >= 4 is 18.3 Å². The van der Waals surface area contributed by atoms with Gasteiger partial charge in [0, 0.05) is 18.6 Å². The van der Waals surface area contributed by atoms with E-state index in [1.165, 1.54) is 6.42 Å². The molecule has 1 saturated carbocycles. The number of hydrogen-bond acceptors (Lipinski definition) is 3. The van der Waals surface area contributed by atoms with Crippen molar-refractivity contribution < 1.29 is 9.53 Å². The van der Waals surface area contributed by atoms with Crippen molar-refractivity contribution in [3.05, 3.63) is 29.8 Å². The zero-order valence-corrected chi connectivity index (χ0v) is 15.8. The highest BCUT2D eigenvalue weighted by Crippen LogP contribution is 2.45. The number of halogens is 1. The number of nitrogens with one attached hydrogen (secondary N) is 1. The van der Waals surface area contributed by atoms with Crippen molar-refractivity contribution in [1.29, 1.82) is 0 Å². The lowest BCUT2D eigenvalue weighted by Crippen LogP contribution is -2.51. The van der Waals surface area contributed by atoms with E-state index >= 15 is 0 Å². The first-order valence-electron chi connectivity index (χ1n) is 9.43. The molecule has 4 nitrogen and oxygen atoms in total. The van der Waals surface area contributed by atoms with E-state index in [0.29, 0.717) is 18.0 Å². The maximum atomic E-state index is 13.8. The summed E-state index contributed by atoms with van der Waals surface area (Å²) in [6, 6.07) is 9.02. The highest BCUT2D eigenvalue weighted by atomic mass is 35.5. The van der Waals surface area contributed by atoms with Crippen LogP contribution in [0.15, 0.2) is 24.3 Å². The minimum atomic E-state index is -0.334. The van der Waals surface area contributed by atoms with E-state index in [4.69, 9.17) is 4.74 Å². The Morgan fingerprint density at radius 1 is 1.20 bits per heavy atom. The molecular formula is C20H29ClN2O2. The number of methoxy groups -OCH3 is 1. The van der Waals surface area contributed by atoms with E-state index in [2.05, 4.69) is 22.3 Å². The number of amides is 1. The molecule has 2 aliphatic heterocycles. The zero-order chi connectivity index (χ0) is 16.6. The molecule has 4 rings (SSSR count). The zero-order valence-electron chi connectivity index (χ0n) is 15.0. The minimum Gasteiger partial charge on any atom is -0.497 e.